The molecule has 0 saturated carbocycles. The molecule has 19 heavy (non-hydrogen) atoms. The lowest BCUT2D eigenvalue weighted by Crippen LogP contribution is -2.46. The molecule has 0 amide bonds. The summed E-state index contributed by atoms with van der Waals surface area (Å²) in [6.45, 7) is 4.55. The van der Waals surface area contributed by atoms with Crippen LogP contribution in [0.4, 0.5) is 0 Å². The molecule has 1 fully saturated rings. The second-order valence-corrected chi connectivity index (χ2v) is 4.85. The quantitative estimate of drug-likeness (QED) is 0.819. The number of carboxylic acids is 1. The number of hydrogen-bond donors (Lipinski definition) is 2. The van der Waals surface area contributed by atoms with Gasteiger partial charge in [0, 0.05) is 25.2 Å². The Morgan fingerprint density at radius 3 is 2.84 bits per heavy atom. The number of ether oxygens (including phenoxy) is 1. The predicted octanol–water partition coefficient (Wildman–Crippen LogP) is 1.70. The van der Waals surface area contributed by atoms with Crippen LogP contribution in [0.3, 0.4) is 0 Å². The minimum absolute atomic E-state index is 0.186. The molecule has 0 bridgehead atoms. The van der Waals surface area contributed by atoms with Crippen molar-refractivity contribution in [2.24, 2.45) is 5.92 Å². The molecule has 2 rings (SSSR count). The Morgan fingerprint density at radius 1 is 1.47 bits per heavy atom. The number of aliphatic carboxylic acids is 1. The maximum atomic E-state index is 10.6. The van der Waals surface area contributed by atoms with Crippen molar-refractivity contribution >= 4 is 5.97 Å². The summed E-state index contributed by atoms with van der Waals surface area (Å²) in [6.07, 6.45) is 0.224. The van der Waals surface area contributed by atoms with E-state index in [9.17, 15) is 9.90 Å². The van der Waals surface area contributed by atoms with Gasteiger partial charge in [-0.05, 0) is 18.9 Å². The average molecular weight is 265 g/mol. The van der Waals surface area contributed by atoms with E-state index < -0.39 is 5.97 Å². The number of likely N-dealkylation sites (tertiary alicyclic amines) is 1. The molecule has 1 aliphatic heterocycles. The Morgan fingerprint density at radius 2 is 2.21 bits per heavy atom. The number of nitrogens with zero attached hydrogens (tertiary/aromatic N) is 1. The van der Waals surface area contributed by atoms with Crippen LogP contribution < -0.4 is 4.74 Å². The largest absolute Gasteiger partial charge is 0.504 e. The van der Waals surface area contributed by atoms with E-state index in [0.717, 1.165) is 18.7 Å². The van der Waals surface area contributed by atoms with Crippen molar-refractivity contribution in [2.45, 2.75) is 19.9 Å². The van der Waals surface area contributed by atoms with Gasteiger partial charge < -0.3 is 14.9 Å². The zero-order valence-corrected chi connectivity index (χ0v) is 11.0. The van der Waals surface area contributed by atoms with Crippen molar-refractivity contribution in [1.29, 1.82) is 0 Å². The molecule has 0 spiro atoms. The molecule has 0 aliphatic carbocycles. The number of carboxylic acid groups (broad SMARTS) is 1. The van der Waals surface area contributed by atoms with Crippen LogP contribution in [0, 0.1) is 5.92 Å². The molecular weight excluding hydrogens is 246 g/mol. The molecule has 0 radical (unpaired) electrons. The average Bonchev–Trinajstić information content (AvgIpc) is 2.31. The van der Waals surface area contributed by atoms with Crippen molar-refractivity contribution in [3.05, 3.63) is 23.8 Å². The van der Waals surface area contributed by atoms with E-state index in [0.29, 0.717) is 18.9 Å². The van der Waals surface area contributed by atoms with E-state index in [1.54, 1.807) is 6.07 Å². The minimum atomic E-state index is -0.745. The molecule has 0 aromatic heterocycles. The maximum Gasteiger partial charge on any atom is 0.303 e. The second-order valence-electron chi connectivity index (χ2n) is 4.85. The maximum absolute atomic E-state index is 10.6. The summed E-state index contributed by atoms with van der Waals surface area (Å²) < 4.78 is 5.34. The summed E-state index contributed by atoms with van der Waals surface area (Å²) in [7, 11) is 0. The molecule has 1 aliphatic rings. The summed E-state index contributed by atoms with van der Waals surface area (Å²) in [6, 6.07) is 5.46. The Labute approximate surface area is 112 Å². The normalized spacial score (nSPS) is 16.1. The van der Waals surface area contributed by atoms with Crippen LogP contribution in [0.15, 0.2) is 18.2 Å². The molecule has 1 aromatic rings. The van der Waals surface area contributed by atoms with E-state index in [1.807, 2.05) is 19.1 Å². The van der Waals surface area contributed by atoms with Crippen LogP contribution in [0.1, 0.15) is 18.9 Å². The van der Waals surface area contributed by atoms with Gasteiger partial charge in [0.15, 0.2) is 11.5 Å². The van der Waals surface area contributed by atoms with Crippen molar-refractivity contribution in [2.75, 3.05) is 19.7 Å². The van der Waals surface area contributed by atoms with Crippen LogP contribution in [0.2, 0.25) is 0 Å². The number of phenolic OH excluding ortho intramolecular Hbond substituents is 1. The molecule has 1 aromatic carbocycles. The fourth-order valence-electron chi connectivity index (χ4n) is 2.39. The standard InChI is InChI=1S/C14H19NO4/c1-2-19-12-5-3-4-11(14(12)18)9-15-7-10(8-15)6-13(16)17/h3-5,10,18H,2,6-9H2,1H3,(H,16,17). The molecule has 1 heterocycles. The van der Waals surface area contributed by atoms with Gasteiger partial charge in [0.1, 0.15) is 0 Å². The molecule has 0 unspecified atom stereocenters. The summed E-state index contributed by atoms with van der Waals surface area (Å²) in [4.78, 5) is 12.7. The lowest BCUT2D eigenvalue weighted by Gasteiger charge is -2.38. The molecule has 1 saturated heterocycles. The van der Waals surface area contributed by atoms with Gasteiger partial charge in [0.05, 0.1) is 13.0 Å². The fourth-order valence-corrected chi connectivity index (χ4v) is 2.39. The van der Waals surface area contributed by atoms with Crippen LogP contribution >= 0.6 is 0 Å². The van der Waals surface area contributed by atoms with Gasteiger partial charge in [0.25, 0.3) is 0 Å². The number of hydrogen-bond acceptors (Lipinski definition) is 4. The van der Waals surface area contributed by atoms with Gasteiger partial charge in [-0.3, -0.25) is 9.69 Å². The molecule has 104 valence electrons. The Kier molecular flexibility index (Phi) is 4.27. The molecule has 0 atom stereocenters. The van der Waals surface area contributed by atoms with Crippen molar-refractivity contribution < 1.29 is 19.7 Å². The van der Waals surface area contributed by atoms with Crippen LogP contribution in [-0.2, 0) is 11.3 Å². The lowest BCUT2D eigenvalue weighted by atomic mass is 9.95. The van der Waals surface area contributed by atoms with Crippen LogP contribution in [0.5, 0.6) is 11.5 Å². The smallest absolute Gasteiger partial charge is 0.303 e. The number of benzene rings is 1. The lowest BCUT2D eigenvalue weighted by molar-refractivity contribution is -0.139. The zero-order chi connectivity index (χ0) is 13.8. The molecular formula is C14H19NO4. The van der Waals surface area contributed by atoms with Gasteiger partial charge in [-0.2, -0.15) is 0 Å². The van der Waals surface area contributed by atoms with E-state index in [2.05, 4.69) is 4.90 Å². The monoisotopic (exact) mass is 265 g/mol. The summed E-state index contributed by atoms with van der Waals surface area (Å²) >= 11 is 0. The third-order valence-corrected chi connectivity index (χ3v) is 3.27. The van der Waals surface area contributed by atoms with Gasteiger partial charge in [-0.1, -0.05) is 12.1 Å². The highest BCUT2D eigenvalue weighted by Crippen LogP contribution is 2.32. The number of para-hydroxylation sites is 1. The predicted molar refractivity (Wildman–Crippen MR) is 70.3 cm³/mol. The molecule has 5 heteroatoms. The topological polar surface area (TPSA) is 70.0 Å². The third kappa shape index (κ3) is 3.38. The Balaban J connectivity index is 1.91. The van der Waals surface area contributed by atoms with Gasteiger partial charge in [-0.15, -0.1) is 0 Å². The van der Waals surface area contributed by atoms with Crippen molar-refractivity contribution in [3.63, 3.8) is 0 Å². The van der Waals surface area contributed by atoms with E-state index >= 15 is 0 Å². The summed E-state index contributed by atoms with van der Waals surface area (Å²) in [5.41, 5.74) is 0.819. The van der Waals surface area contributed by atoms with Crippen molar-refractivity contribution in [1.82, 2.24) is 4.90 Å². The minimum Gasteiger partial charge on any atom is -0.504 e. The van der Waals surface area contributed by atoms with Gasteiger partial charge in [-0.25, -0.2) is 0 Å². The second kappa shape index (κ2) is 5.93. The fraction of sp³-hybridized carbons (Fsp3) is 0.500. The van der Waals surface area contributed by atoms with E-state index in [1.165, 1.54) is 0 Å². The number of rotatable bonds is 6. The number of phenols is 1. The first-order valence-electron chi connectivity index (χ1n) is 6.48. The number of carbonyl (C=O) groups is 1. The highest BCUT2D eigenvalue weighted by atomic mass is 16.5. The van der Waals surface area contributed by atoms with Crippen molar-refractivity contribution in [3.8, 4) is 11.5 Å². The van der Waals surface area contributed by atoms with Gasteiger partial charge >= 0.3 is 5.97 Å². The van der Waals surface area contributed by atoms with Gasteiger partial charge in [0.2, 0.25) is 0 Å². The highest BCUT2D eigenvalue weighted by Gasteiger charge is 2.29. The van der Waals surface area contributed by atoms with Crippen LogP contribution in [0.25, 0.3) is 0 Å². The number of aromatic hydroxyl groups is 1. The first-order chi connectivity index (χ1) is 9.10. The first-order valence-corrected chi connectivity index (χ1v) is 6.48. The summed E-state index contributed by atoms with van der Waals surface area (Å²) in [5.74, 6) is 0.175. The third-order valence-electron chi connectivity index (χ3n) is 3.27. The molecule has 2 N–H and O–H groups in total. The molecule has 5 nitrogen and oxygen atoms in total. The highest BCUT2D eigenvalue weighted by molar-refractivity contribution is 5.67. The summed E-state index contributed by atoms with van der Waals surface area (Å²) in [5, 5.41) is 18.7. The SMILES string of the molecule is CCOc1cccc(CN2CC(CC(=O)O)C2)c1O. The van der Waals surface area contributed by atoms with E-state index in [-0.39, 0.29) is 18.1 Å². The first kappa shape index (κ1) is 13.7. The zero-order valence-electron chi connectivity index (χ0n) is 11.0. The van der Waals surface area contributed by atoms with E-state index in [4.69, 9.17) is 9.84 Å². The Bertz CT molecular complexity index is 455. The van der Waals surface area contributed by atoms with Crippen LogP contribution in [-0.4, -0.2) is 40.8 Å². The Hall–Kier alpha value is -1.75.